The highest BCUT2D eigenvalue weighted by molar-refractivity contribution is 7.15. The normalized spacial score (nSPS) is 11.0. The van der Waals surface area contributed by atoms with Crippen LogP contribution >= 0.6 is 11.3 Å². The Morgan fingerprint density at radius 3 is 3.05 bits per heavy atom. The van der Waals surface area contributed by atoms with Crippen LogP contribution in [0.2, 0.25) is 0 Å². The van der Waals surface area contributed by atoms with Crippen molar-refractivity contribution < 1.29 is 9.18 Å². The Labute approximate surface area is 126 Å². The number of benzene rings is 1. The minimum absolute atomic E-state index is 0.308. The number of hydrogen-bond acceptors (Lipinski definition) is 4. The molecule has 0 bridgehead atoms. The summed E-state index contributed by atoms with van der Waals surface area (Å²) in [6, 6.07) is 6.03. The van der Waals surface area contributed by atoms with Crippen LogP contribution in [0.5, 0.6) is 0 Å². The first-order chi connectivity index (χ1) is 10.2. The second-order valence-electron chi connectivity index (χ2n) is 4.48. The first-order valence-corrected chi connectivity index (χ1v) is 7.56. The molecule has 1 heterocycles. The second kappa shape index (κ2) is 7.64. The Hall–Kier alpha value is -2.08. The van der Waals surface area contributed by atoms with E-state index in [0.29, 0.717) is 10.7 Å². The minimum atomic E-state index is -0.331. The molecule has 6 heteroatoms. The van der Waals surface area contributed by atoms with Crippen molar-refractivity contribution in [2.75, 3.05) is 5.32 Å². The molecule has 110 valence electrons. The van der Waals surface area contributed by atoms with Gasteiger partial charge in [-0.25, -0.2) is 4.39 Å². The number of amides is 1. The van der Waals surface area contributed by atoms with E-state index in [1.807, 2.05) is 0 Å². The van der Waals surface area contributed by atoms with Gasteiger partial charge in [0.1, 0.15) is 10.8 Å². The predicted molar refractivity (Wildman–Crippen MR) is 82.6 cm³/mol. The molecule has 2 aromatic rings. The lowest BCUT2D eigenvalue weighted by Gasteiger charge is -1.95. The van der Waals surface area contributed by atoms with E-state index in [4.69, 9.17) is 0 Å². The molecule has 0 atom stereocenters. The quantitative estimate of drug-likeness (QED) is 0.828. The number of rotatable bonds is 6. The molecule has 0 aliphatic rings. The molecule has 1 aromatic carbocycles. The van der Waals surface area contributed by atoms with E-state index in [1.165, 1.54) is 29.5 Å². The molecule has 4 nitrogen and oxygen atoms in total. The van der Waals surface area contributed by atoms with Gasteiger partial charge < -0.3 is 0 Å². The molecule has 0 aliphatic heterocycles. The largest absolute Gasteiger partial charge is 0.297 e. The van der Waals surface area contributed by atoms with Crippen LogP contribution in [0.15, 0.2) is 30.3 Å². The van der Waals surface area contributed by atoms with Crippen molar-refractivity contribution in [3.8, 4) is 0 Å². The predicted octanol–water partition coefficient (Wildman–Crippen LogP) is 3.67. The molecule has 0 unspecified atom stereocenters. The van der Waals surface area contributed by atoms with Crippen molar-refractivity contribution >= 4 is 28.5 Å². The fourth-order valence-corrected chi connectivity index (χ4v) is 2.45. The van der Waals surface area contributed by atoms with Crippen LogP contribution in [0.3, 0.4) is 0 Å². The summed E-state index contributed by atoms with van der Waals surface area (Å²) < 4.78 is 13.0. The molecular formula is C15H16FN3OS. The molecule has 2 rings (SSSR count). The zero-order valence-corrected chi connectivity index (χ0v) is 12.5. The maximum absolute atomic E-state index is 13.0. The van der Waals surface area contributed by atoms with Crippen LogP contribution in [0.4, 0.5) is 9.52 Å². The molecular weight excluding hydrogens is 289 g/mol. The average molecular weight is 305 g/mol. The third kappa shape index (κ3) is 5.07. The highest BCUT2D eigenvalue weighted by atomic mass is 32.1. The van der Waals surface area contributed by atoms with E-state index in [1.54, 1.807) is 18.2 Å². The molecule has 0 saturated carbocycles. The Bertz CT molecular complexity index is 639. The van der Waals surface area contributed by atoms with Crippen LogP contribution in [0, 0.1) is 5.82 Å². The van der Waals surface area contributed by atoms with Crippen LogP contribution in [0.25, 0.3) is 6.08 Å². The standard InChI is InChI=1S/C15H16FN3OS/c1-2-3-7-14-18-19-15(21-14)17-13(20)9-8-11-5-4-6-12(16)10-11/h4-6,8-10H,2-3,7H2,1H3,(H,17,19,20)/b9-8+. The SMILES string of the molecule is CCCCc1nnc(NC(=O)/C=C/c2cccc(F)c2)s1. The summed E-state index contributed by atoms with van der Waals surface area (Å²) in [6.45, 7) is 2.11. The lowest BCUT2D eigenvalue weighted by Crippen LogP contribution is -2.07. The average Bonchev–Trinajstić information content (AvgIpc) is 2.90. The summed E-state index contributed by atoms with van der Waals surface area (Å²) in [5.41, 5.74) is 0.631. The summed E-state index contributed by atoms with van der Waals surface area (Å²) >= 11 is 1.38. The topological polar surface area (TPSA) is 54.9 Å². The van der Waals surface area contributed by atoms with Gasteiger partial charge in [0.15, 0.2) is 0 Å². The summed E-state index contributed by atoms with van der Waals surface area (Å²) in [7, 11) is 0. The number of unbranched alkanes of at least 4 members (excludes halogenated alkanes) is 1. The van der Waals surface area contributed by atoms with Crippen molar-refractivity contribution in [3.63, 3.8) is 0 Å². The van der Waals surface area contributed by atoms with Gasteiger partial charge >= 0.3 is 0 Å². The van der Waals surface area contributed by atoms with Gasteiger partial charge in [-0.15, -0.1) is 10.2 Å². The number of nitrogens with zero attached hydrogens (tertiary/aromatic N) is 2. The molecule has 1 N–H and O–H groups in total. The van der Waals surface area contributed by atoms with Crippen molar-refractivity contribution in [2.24, 2.45) is 0 Å². The first kappa shape index (κ1) is 15.3. The number of nitrogens with one attached hydrogen (secondary N) is 1. The number of aromatic nitrogens is 2. The zero-order chi connectivity index (χ0) is 15.1. The van der Waals surface area contributed by atoms with E-state index < -0.39 is 0 Å². The first-order valence-electron chi connectivity index (χ1n) is 6.74. The Balaban J connectivity index is 1.90. The highest BCUT2D eigenvalue weighted by Gasteiger charge is 2.05. The summed E-state index contributed by atoms with van der Waals surface area (Å²) in [6.07, 6.45) is 5.93. The molecule has 0 aliphatic carbocycles. The monoisotopic (exact) mass is 305 g/mol. The third-order valence-electron chi connectivity index (χ3n) is 2.72. The Morgan fingerprint density at radius 2 is 2.29 bits per heavy atom. The van der Waals surface area contributed by atoms with Gasteiger partial charge in [-0.2, -0.15) is 0 Å². The summed E-state index contributed by atoms with van der Waals surface area (Å²) in [4.78, 5) is 11.7. The van der Waals surface area contributed by atoms with E-state index in [-0.39, 0.29) is 11.7 Å². The maximum atomic E-state index is 13.0. The van der Waals surface area contributed by atoms with Crippen LogP contribution in [-0.4, -0.2) is 16.1 Å². The fourth-order valence-electron chi connectivity index (χ4n) is 1.66. The number of halogens is 1. The fraction of sp³-hybridized carbons (Fsp3) is 0.267. The molecule has 1 aromatic heterocycles. The van der Waals surface area contributed by atoms with E-state index in [9.17, 15) is 9.18 Å². The molecule has 21 heavy (non-hydrogen) atoms. The second-order valence-corrected chi connectivity index (χ2v) is 5.54. The van der Waals surface area contributed by atoms with Gasteiger partial charge in [-0.1, -0.05) is 36.8 Å². The van der Waals surface area contributed by atoms with Gasteiger partial charge in [-0.3, -0.25) is 10.1 Å². The van der Waals surface area contributed by atoms with Crippen molar-refractivity contribution in [1.82, 2.24) is 10.2 Å². The number of carbonyl (C=O) groups is 1. The van der Waals surface area contributed by atoms with Crippen LogP contribution in [0.1, 0.15) is 30.3 Å². The van der Waals surface area contributed by atoms with Crippen molar-refractivity contribution in [2.45, 2.75) is 26.2 Å². The van der Waals surface area contributed by atoms with Gasteiger partial charge in [0.2, 0.25) is 11.0 Å². The number of aryl methyl sites for hydroxylation is 1. The highest BCUT2D eigenvalue weighted by Crippen LogP contribution is 2.17. The molecule has 0 spiro atoms. The van der Waals surface area contributed by atoms with Crippen LogP contribution in [-0.2, 0) is 11.2 Å². The zero-order valence-electron chi connectivity index (χ0n) is 11.7. The van der Waals surface area contributed by atoms with Gasteiger partial charge in [-0.05, 0) is 30.2 Å². The Kier molecular flexibility index (Phi) is 5.57. The van der Waals surface area contributed by atoms with E-state index in [0.717, 1.165) is 24.3 Å². The summed E-state index contributed by atoms with van der Waals surface area (Å²) in [5.74, 6) is -0.639. The Morgan fingerprint density at radius 1 is 1.43 bits per heavy atom. The minimum Gasteiger partial charge on any atom is -0.297 e. The third-order valence-corrected chi connectivity index (χ3v) is 3.62. The maximum Gasteiger partial charge on any atom is 0.250 e. The van der Waals surface area contributed by atoms with Gasteiger partial charge in [0.05, 0.1) is 0 Å². The number of carbonyl (C=O) groups excluding carboxylic acids is 1. The molecule has 1 amide bonds. The number of hydrogen-bond donors (Lipinski definition) is 1. The smallest absolute Gasteiger partial charge is 0.250 e. The molecule has 0 fully saturated rings. The van der Waals surface area contributed by atoms with Crippen molar-refractivity contribution in [3.05, 3.63) is 46.7 Å². The summed E-state index contributed by atoms with van der Waals surface area (Å²) in [5, 5.41) is 12.0. The van der Waals surface area contributed by atoms with E-state index in [2.05, 4.69) is 22.4 Å². The van der Waals surface area contributed by atoms with Crippen LogP contribution < -0.4 is 5.32 Å². The van der Waals surface area contributed by atoms with E-state index >= 15 is 0 Å². The van der Waals surface area contributed by atoms with Crippen molar-refractivity contribution in [1.29, 1.82) is 0 Å². The molecule has 0 saturated heterocycles. The lowest BCUT2D eigenvalue weighted by molar-refractivity contribution is -0.111. The van der Waals surface area contributed by atoms with Gasteiger partial charge in [0, 0.05) is 12.5 Å². The molecule has 0 radical (unpaired) electrons. The number of anilines is 1. The lowest BCUT2D eigenvalue weighted by atomic mass is 10.2. The van der Waals surface area contributed by atoms with Gasteiger partial charge in [0.25, 0.3) is 0 Å².